The van der Waals surface area contributed by atoms with Gasteiger partial charge in [-0.15, -0.1) is 11.3 Å². The first-order valence-electron chi connectivity index (χ1n) is 7.57. The summed E-state index contributed by atoms with van der Waals surface area (Å²) in [6.45, 7) is 1.00. The van der Waals surface area contributed by atoms with Crippen molar-refractivity contribution in [2.45, 2.75) is 12.6 Å². The predicted octanol–water partition coefficient (Wildman–Crippen LogP) is -0.471. The van der Waals surface area contributed by atoms with Gasteiger partial charge in [0.15, 0.2) is 0 Å². The molecule has 0 bridgehead atoms. The minimum atomic E-state index is -3.42. The van der Waals surface area contributed by atoms with E-state index >= 15 is 0 Å². The Morgan fingerprint density at radius 1 is 1.38 bits per heavy atom. The molecular weight excluding hydrogens is 352 g/mol. The van der Waals surface area contributed by atoms with E-state index in [-0.39, 0.29) is 24.7 Å². The number of hydrogen-bond donors (Lipinski definition) is 1. The summed E-state index contributed by atoms with van der Waals surface area (Å²) in [5.41, 5.74) is 0.347. The Kier molecular flexibility index (Phi) is 5.97. The van der Waals surface area contributed by atoms with Crippen LogP contribution in [0.3, 0.4) is 0 Å². The molecule has 1 aromatic rings. The summed E-state index contributed by atoms with van der Waals surface area (Å²) in [5.74, 6) is -0.922. The van der Waals surface area contributed by atoms with Gasteiger partial charge >= 0.3 is 0 Å². The number of carbonyl (C=O) groups excluding carboxylic acids is 1. The van der Waals surface area contributed by atoms with E-state index < -0.39 is 22.0 Å². The molecule has 0 aliphatic carbocycles. The number of aromatic nitrogens is 1. The van der Waals surface area contributed by atoms with Crippen LogP contribution in [0.1, 0.15) is 15.5 Å². The van der Waals surface area contributed by atoms with E-state index in [9.17, 15) is 18.3 Å². The van der Waals surface area contributed by atoms with Crippen LogP contribution in [0.15, 0.2) is 5.38 Å². The molecule has 1 fully saturated rings. The number of amides is 1. The van der Waals surface area contributed by atoms with Crippen molar-refractivity contribution < 1.29 is 18.3 Å². The largest absolute Gasteiger partial charge is 0.391 e. The zero-order valence-electron chi connectivity index (χ0n) is 14.3. The first-order chi connectivity index (χ1) is 11.1. The van der Waals surface area contributed by atoms with Crippen LogP contribution in [0, 0.1) is 5.92 Å². The molecule has 1 saturated heterocycles. The second kappa shape index (κ2) is 7.44. The number of carbonyl (C=O) groups is 1. The number of aliphatic hydroxyl groups excluding tert-OH is 1. The summed E-state index contributed by atoms with van der Waals surface area (Å²) >= 11 is 1.42. The number of thiazole rings is 1. The third-order valence-electron chi connectivity index (χ3n) is 3.90. The van der Waals surface area contributed by atoms with E-state index in [1.165, 1.54) is 30.3 Å². The molecule has 0 spiro atoms. The number of rotatable bonds is 6. The summed E-state index contributed by atoms with van der Waals surface area (Å²) in [6, 6.07) is 0. The smallest absolute Gasteiger partial charge is 0.273 e. The van der Waals surface area contributed by atoms with Crippen LogP contribution in [0.25, 0.3) is 0 Å². The maximum absolute atomic E-state index is 12.5. The minimum absolute atomic E-state index is 0.132. The van der Waals surface area contributed by atoms with E-state index in [0.717, 1.165) is 9.31 Å². The second-order valence-corrected chi connectivity index (χ2v) is 9.63. The van der Waals surface area contributed by atoms with Crippen LogP contribution in [0.4, 0.5) is 0 Å². The molecule has 2 atom stereocenters. The highest BCUT2D eigenvalue weighted by atomic mass is 32.2. The van der Waals surface area contributed by atoms with Gasteiger partial charge < -0.3 is 14.9 Å². The van der Waals surface area contributed by atoms with E-state index in [4.69, 9.17) is 0 Å². The third-order valence-corrected chi connectivity index (χ3v) is 6.69. The second-order valence-electron chi connectivity index (χ2n) is 6.46. The Labute approximate surface area is 146 Å². The summed E-state index contributed by atoms with van der Waals surface area (Å²) in [5, 5.41) is 12.7. The number of likely N-dealkylation sites (tertiary alicyclic amines) is 1. The first-order valence-corrected chi connectivity index (χ1v) is 10.1. The van der Waals surface area contributed by atoms with Gasteiger partial charge in [-0.25, -0.2) is 17.7 Å². The van der Waals surface area contributed by atoms with Crippen molar-refractivity contribution in [3.8, 4) is 0 Å². The Hall–Kier alpha value is -1.07. The van der Waals surface area contributed by atoms with E-state index in [1.807, 2.05) is 19.0 Å². The average Bonchev–Trinajstić information content (AvgIpc) is 3.05. The van der Waals surface area contributed by atoms with Crippen LogP contribution >= 0.6 is 11.3 Å². The molecule has 2 heterocycles. The van der Waals surface area contributed by atoms with Gasteiger partial charge in [-0.1, -0.05) is 0 Å². The highest BCUT2D eigenvalue weighted by Gasteiger charge is 2.38. The summed E-state index contributed by atoms with van der Waals surface area (Å²) < 4.78 is 25.1. The molecule has 1 aliphatic rings. The number of sulfonamides is 1. The number of hydrogen-bond acceptors (Lipinski definition) is 7. The van der Waals surface area contributed by atoms with Crippen LogP contribution in [-0.2, 0) is 16.6 Å². The van der Waals surface area contributed by atoms with Crippen molar-refractivity contribution in [1.29, 1.82) is 0 Å². The zero-order valence-corrected chi connectivity index (χ0v) is 16.0. The van der Waals surface area contributed by atoms with Gasteiger partial charge in [-0.2, -0.15) is 0 Å². The summed E-state index contributed by atoms with van der Waals surface area (Å²) in [6.07, 6.45) is -0.844. The van der Waals surface area contributed by atoms with Crippen LogP contribution < -0.4 is 0 Å². The van der Waals surface area contributed by atoms with Gasteiger partial charge in [0.1, 0.15) is 10.7 Å². The van der Waals surface area contributed by atoms with Crippen molar-refractivity contribution in [3.05, 3.63) is 16.1 Å². The van der Waals surface area contributed by atoms with Gasteiger partial charge in [0.05, 0.1) is 11.9 Å². The number of aliphatic hydroxyl groups is 1. The number of nitrogens with zero attached hydrogens (tertiary/aromatic N) is 4. The molecule has 2 rings (SSSR count). The lowest BCUT2D eigenvalue weighted by molar-refractivity contribution is 0.0759. The normalized spacial score (nSPS) is 21.9. The lowest BCUT2D eigenvalue weighted by Crippen LogP contribution is -2.33. The zero-order chi connectivity index (χ0) is 18.1. The highest BCUT2D eigenvalue weighted by Crippen LogP contribution is 2.22. The quantitative estimate of drug-likeness (QED) is 0.721. The fourth-order valence-corrected chi connectivity index (χ4v) is 4.57. The Bertz CT molecular complexity index is 687. The minimum Gasteiger partial charge on any atom is -0.391 e. The molecule has 24 heavy (non-hydrogen) atoms. The van der Waals surface area contributed by atoms with E-state index in [2.05, 4.69) is 4.98 Å². The molecule has 136 valence electrons. The van der Waals surface area contributed by atoms with Crippen molar-refractivity contribution in [2.24, 2.45) is 5.92 Å². The third kappa shape index (κ3) is 4.51. The average molecular weight is 377 g/mol. The van der Waals surface area contributed by atoms with Crippen molar-refractivity contribution in [2.75, 3.05) is 47.0 Å². The Balaban J connectivity index is 2.03. The molecule has 1 aliphatic heterocycles. The first kappa shape index (κ1) is 19.3. The van der Waals surface area contributed by atoms with Gasteiger partial charge in [-0.3, -0.25) is 4.79 Å². The van der Waals surface area contributed by atoms with Crippen molar-refractivity contribution >= 4 is 27.3 Å². The fourth-order valence-electron chi connectivity index (χ4n) is 2.52. The lowest BCUT2D eigenvalue weighted by atomic mass is 10.1. The summed E-state index contributed by atoms with van der Waals surface area (Å²) in [7, 11) is 3.35. The monoisotopic (exact) mass is 376 g/mol. The van der Waals surface area contributed by atoms with Gasteiger partial charge in [0, 0.05) is 45.0 Å². The van der Waals surface area contributed by atoms with Gasteiger partial charge in [0.25, 0.3) is 5.91 Å². The molecule has 1 aromatic heterocycles. The fraction of sp³-hybridized carbons (Fsp3) is 0.714. The molecule has 1 N–H and O–H groups in total. The molecule has 0 radical (unpaired) electrons. The maximum Gasteiger partial charge on any atom is 0.273 e. The van der Waals surface area contributed by atoms with Gasteiger partial charge in [0.2, 0.25) is 10.0 Å². The standard InChI is InChI=1S/C14H24N4O4S2/c1-16(2)7-13-15-11(8-23-13)14(20)18-5-10(12(19)6-18)9-24(21,22)17(3)4/h8,10,12,19H,5-7,9H2,1-4H3/t10-,12-/m0/s1. The van der Waals surface area contributed by atoms with Gasteiger partial charge in [-0.05, 0) is 14.1 Å². The van der Waals surface area contributed by atoms with Crippen molar-refractivity contribution in [1.82, 2.24) is 19.1 Å². The number of β-amino-alcohol motifs (C(OH)–C–C–N with tert-alkyl or cyclic N) is 1. The molecule has 0 saturated carbocycles. The van der Waals surface area contributed by atoms with Crippen LogP contribution in [0.2, 0.25) is 0 Å². The maximum atomic E-state index is 12.5. The molecule has 0 unspecified atom stereocenters. The highest BCUT2D eigenvalue weighted by molar-refractivity contribution is 7.89. The molecule has 0 aromatic carbocycles. The van der Waals surface area contributed by atoms with E-state index in [1.54, 1.807) is 5.38 Å². The summed E-state index contributed by atoms with van der Waals surface area (Å²) in [4.78, 5) is 20.3. The topological polar surface area (TPSA) is 94.1 Å². The molecular formula is C14H24N4O4S2. The molecule has 10 heteroatoms. The Morgan fingerprint density at radius 2 is 2.04 bits per heavy atom. The van der Waals surface area contributed by atoms with Crippen LogP contribution in [0.5, 0.6) is 0 Å². The van der Waals surface area contributed by atoms with Crippen LogP contribution in [-0.4, -0.2) is 91.7 Å². The molecule has 8 nitrogen and oxygen atoms in total. The SMILES string of the molecule is CN(C)Cc1nc(C(=O)N2C[C@@H](CS(=O)(=O)N(C)C)[C@@H](O)C2)cs1. The van der Waals surface area contributed by atoms with Crippen molar-refractivity contribution in [3.63, 3.8) is 0 Å². The lowest BCUT2D eigenvalue weighted by Gasteiger charge is -2.17. The van der Waals surface area contributed by atoms with E-state index in [0.29, 0.717) is 12.2 Å². The predicted molar refractivity (Wildman–Crippen MR) is 92.4 cm³/mol. The Morgan fingerprint density at radius 3 is 2.62 bits per heavy atom. The molecule has 1 amide bonds.